The maximum absolute atomic E-state index is 12.9. The molecule has 1 aliphatic heterocycles. The average Bonchev–Trinajstić information content (AvgIpc) is 2.81. The Morgan fingerprint density at radius 3 is 2.29 bits per heavy atom. The van der Waals surface area contributed by atoms with Crippen LogP contribution >= 0.6 is 15.2 Å². The van der Waals surface area contributed by atoms with E-state index in [9.17, 15) is 9.13 Å². The minimum atomic E-state index is -3.57. The quantitative estimate of drug-likeness (QED) is 0.752. The van der Waals surface area contributed by atoms with Gasteiger partial charge in [0, 0.05) is 27.8 Å². The lowest BCUT2D eigenvalue weighted by molar-refractivity contribution is 0.119. The third-order valence-electron chi connectivity index (χ3n) is 3.78. The van der Waals surface area contributed by atoms with E-state index in [1.54, 1.807) is 6.92 Å². The molecule has 0 saturated carbocycles. The van der Waals surface area contributed by atoms with Crippen molar-refractivity contribution in [2.24, 2.45) is 0 Å². The smallest absolute Gasteiger partial charge is 0.311 e. The van der Waals surface area contributed by atoms with Crippen LogP contribution in [0.4, 0.5) is 0 Å². The van der Waals surface area contributed by atoms with Gasteiger partial charge in [0.2, 0.25) is 0 Å². The summed E-state index contributed by atoms with van der Waals surface area (Å²) in [6.07, 6.45) is 0.223. The number of hydrogen-bond acceptors (Lipinski definition) is 6. The molecule has 21 heavy (non-hydrogen) atoms. The Bertz CT molecular complexity index is 582. The Balaban J connectivity index is 2.46. The van der Waals surface area contributed by atoms with Gasteiger partial charge in [-0.3, -0.25) is 13.7 Å². The standard InChI is InChI=1S/C13H20O6P2/c1-13(21(15,17-3)18-4)10-12(20(14,16-2)19-13)11-8-6-5-7-9-11/h5-9,12H,10H2,1-4H3/t12-,13+,20-/m1/s1. The molecule has 3 atom stereocenters. The highest BCUT2D eigenvalue weighted by Crippen LogP contribution is 2.79. The van der Waals surface area contributed by atoms with E-state index in [0.29, 0.717) is 0 Å². The Morgan fingerprint density at radius 2 is 1.81 bits per heavy atom. The average molecular weight is 334 g/mol. The molecule has 0 aromatic heterocycles. The van der Waals surface area contributed by atoms with Gasteiger partial charge in [0.25, 0.3) is 0 Å². The van der Waals surface area contributed by atoms with Crippen molar-refractivity contribution in [3.05, 3.63) is 35.9 Å². The van der Waals surface area contributed by atoms with Gasteiger partial charge in [0.15, 0.2) is 5.34 Å². The zero-order valence-corrected chi connectivity index (χ0v) is 14.3. The van der Waals surface area contributed by atoms with Gasteiger partial charge >= 0.3 is 15.2 Å². The van der Waals surface area contributed by atoms with Crippen molar-refractivity contribution in [2.45, 2.75) is 24.3 Å². The summed E-state index contributed by atoms with van der Waals surface area (Å²) in [5.41, 5.74) is 0.303. The molecule has 1 fully saturated rings. The fraction of sp³-hybridized carbons (Fsp3) is 0.538. The van der Waals surface area contributed by atoms with Gasteiger partial charge in [-0.2, -0.15) is 0 Å². The van der Waals surface area contributed by atoms with E-state index in [1.165, 1.54) is 21.3 Å². The molecule has 1 heterocycles. The lowest BCUT2D eigenvalue weighted by Crippen LogP contribution is -2.24. The van der Waals surface area contributed by atoms with E-state index >= 15 is 0 Å². The van der Waals surface area contributed by atoms with Gasteiger partial charge in [0.05, 0.1) is 5.66 Å². The van der Waals surface area contributed by atoms with E-state index in [2.05, 4.69) is 0 Å². The van der Waals surface area contributed by atoms with E-state index in [-0.39, 0.29) is 6.42 Å². The van der Waals surface area contributed by atoms with Crippen molar-refractivity contribution in [1.29, 1.82) is 0 Å². The first-order chi connectivity index (χ1) is 9.84. The van der Waals surface area contributed by atoms with Crippen LogP contribution in [-0.2, 0) is 27.2 Å². The summed E-state index contributed by atoms with van der Waals surface area (Å²) in [7, 11) is -3.13. The van der Waals surface area contributed by atoms with E-state index in [1.807, 2.05) is 30.3 Å². The Labute approximate surface area is 124 Å². The lowest BCUT2D eigenvalue weighted by Gasteiger charge is -2.29. The predicted molar refractivity (Wildman–Crippen MR) is 79.5 cm³/mol. The highest BCUT2D eigenvalue weighted by Gasteiger charge is 2.62. The molecule has 1 aromatic carbocycles. The molecular weight excluding hydrogens is 314 g/mol. The lowest BCUT2D eigenvalue weighted by atomic mass is 10.1. The molecule has 0 bridgehead atoms. The maximum Gasteiger partial charge on any atom is 0.361 e. The normalized spacial score (nSPS) is 33.2. The van der Waals surface area contributed by atoms with Crippen molar-refractivity contribution in [2.75, 3.05) is 21.3 Å². The molecule has 0 N–H and O–H groups in total. The maximum atomic E-state index is 12.9. The Morgan fingerprint density at radius 1 is 1.24 bits per heavy atom. The first-order valence-corrected chi connectivity index (χ1v) is 9.62. The molecule has 0 amide bonds. The fourth-order valence-corrected chi connectivity index (χ4v) is 7.01. The van der Waals surface area contributed by atoms with Crippen molar-refractivity contribution in [1.82, 2.24) is 0 Å². The van der Waals surface area contributed by atoms with Crippen molar-refractivity contribution in [3.8, 4) is 0 Å². The second kappa shape index (κ2) is 5.96. The summed E-state index contributed by atoms with van der Waals surface area (Å²) in [5.74, 6) is 0. The molecular formula is C13H20O6P2. The zero-order valence-electron chi connectivity index (χ0n) is 12.5. The number of benzene rings is 1. The predicted octanol–water partition coefficient (Wildman–Crippen LogP) is 4.19. The van der Waals surface area contributed by atoms with Gasteiger partial charge in [-0.25, -0.2) is 0 Å². The van der Waals surface area contributed by atoms with Gasteiger partial charge in [-0.15, -0.1) is 0 Å². The highest BCUT2D eigenvalue weighted by atomic mass is 31.2. The third-order valence-corrected chi connectivity index (χ3v) is 8.73. The van der Waals surface area contributed by atoms with E-state index in [0.717, 1.165) is 5.56 Å². The molecule has 8 heteroatoms. The minimum Gasteiger partial charge on any atom is -0.311 e. The van der Waals surface area contributed by atoms with Crippen LogP contribution < -0.4 is 0 Å². The van der Waals surface area contributed by atoms with Crippen LogP contribution in [0.3, 0.4) is 0 Å². The molecule has 1 aromatic rings. The van der Waals surface area contributed by atoms with Gasteiger partial charge < -0.3 is 13.6 Å². The Hall–Kier alpha value is -0.480. The SMILES string of the molecule is COP(=O)(OC)[C@@]1(C)C[C@H](c2ccccc2)[P@@](=O)(OC)O1. The van der Waals surface area contributed by atoms with Crippen LogP contribution in [0.2, 0.25) is 0 Å². The minimum absolute atomic E-state index is 0.223. The van der Waals surface area contributed by atoms with Crippen LogP contribution in [0.25, 0.3) is 0 Å². The van der Waals surface area contributed by atoms with Crippen LogP contribution in [0.1, 0.15) is 24.6 Å². The highest BCUT2D eigenvalue weighted by molar-refractivity contribution is 7.59. The molecule has 2 rings (SSSR count). The molecule has 0 aliphatic carbocycles. The van der Waals surface area contributed by atoms with Crippen LogP contribution in [0, 0.1) is 0 Å². The van der Waals surface area contributed by atoms with E-state index in [4.69, 9.17) is 18.1 Å². The van der Waals surface area contributed by atoms with Gasteiger partial charge in [-0.1, -0.05) is 30.3 Å². The summed E-state index contributed by atoms with van der Waals surface area (Å²) >= 11 is 0. The van der Waals surface area contributed by atoms with Crippen molar-refractivity contribution < 1.29 is 27.2 Å². The summed E-state index contributed by atoms with van der Waals surface area (Å²) in [5, 5.41) is -1.32. The first-order valence-electron chi connectivity index (χ1n) is 6.47. The topological polar surface area (TPSA) is 71.1 Å². The van der Waals surface area contributed by atoms with E-state index < -0.39 is 26.2 Å². The largest absolute Gasteiger partial charge is 0.361 e. The van der Waals surface area contributed by atoms with Crippen LogP contribution in [0.5, 0.6) is 0 Å². The molecule has 0 unspecified atom stereocenters. The second-order valence-corrected chi connectivity index (χ2v) is 9.90. The molecule has 1 aliphatic rings. The monoisotopic (exact) mass is 334 g/mol. The summed E-state index contributed by atoms with van der Waals surface area (Å²) in [6.45, 7) is 1.58. The Kier molecular flexibility index (Phi) is 4.79. The first kappa shape index (κ1) is 16.9. The third kappa shape index (κ3) is 2.77. The molecule has 6 nitrogen and oxygen atoms in total. The number of hydrogen-bond donors (Lipinski definition) is 0. The fourth-order valence-electron chi connectivity index (χ4n) is 2.61. The van der Waals surface area contributed by atoms with Gasteiger partial charge in [-0.05, 0) is 12.5 Å². The van der Waals surface area contributed by atoms with Crippen LogP contribution in [-0.4, -0.2) is 26.7 Å². The molecule has 0 radical (unpaired) electrons. The zero-order chi connectivity index (χ0) is 15.7. The van der Waals surface area contributed by atoms with Crippen molar-refractivity contribution >= 4 is 15.2 Å². The summed E-state index contributed by atoms with van der Waals surface area (Å²) in [4.78, 5) is 0. The molecule has 118 valence electrons. The molecule has 0 spiro atoms. The van der Waals surface area contributed by atoms with Gasteiger partial charge in [0.1, 0.15) is 0 Å². The second-order valence-electron chi connectivity index (χ2n) is 4.98. The summed E-state index contributed by atoms with van der Waals surface area (Å²) in [6, 6.07) is 9.24. The van der Waals surface area contributed by atoms with Crippen molar-refractivity contribution in [3.63, 3.8) is 0 Å². The number of rotatable bonds is 5. The summed E-state index contributed by atoms with van der Waals surface area (Å²) < 4.78 is 46.5. The molecule has 1 saturated heterocycles. The van der Waals surface area contributed by atoms with Crippen LogP contribution in [0.15, 0.2) is 30.3 Å².